The van der Waals surface area contributed by atoms with Crippen molar-refractivity contribution in [3.63, 3.8) is 0 Å². The molecule has 64 valence electrons. The van der Waals surface area contributed by atoms with Crippen molar-refractivity contribution in [2.45, 2.75) is 5.92 Å². The van der Waals surface area contributed by atoms with E-state index < -0.39 is 0 Å². The van der Waals surface area contributed by atoms with Crippen LogP contribution in [0.25, 0.3) is 0 Å². The van der Waals surface area contributed by atoms with Gasteiger partial charge in [-0.3, -0.25) is 0 Å². The molecular formula is C9H9F2N. The van der Waals surface area contributed by atoms with Gasteiger partial charge >= 0.3 is 0 Å². The SMILES string of the molecule is Fc1ccc(F)c(C2CNC2)c1. The van der Waals surface area contributed by atoms with Gasteiger partial charge in [-0.05, 0) is 23.8 Å². The summed E-state index contributed by atoms with van der Waals surface area (Å²) in [4.78, 5) is 0. The quantitative estimate of drug-likeness (QED) is 0.674. The van der Waals surface area contributed by atoms with Crippen LogP contribution in [0.15, 0.2) is 18.2 Å². The minimum Gasteiger partial charge on any atom is -0.315 e. The van der Waals surface area contributed by atoms with Crippen LogP contribution in [-0.4, -0.2) is 13.1 Å². The van der Waals surface area contributed by atoms with E-state index in [2.05, 4.69) is 5.32 Å². The lowest BCUT2D eigenvalue weighted by Crippen LogP contribution is -2.40. The van der Waals surface area contributed by atoms with Crippen LogP contribution in [0.5, 0.6) is 0 Å². The van der Waals surface area contributed by atoms with E-state index >= 15 is 0 Å². The van der Waals surface area contributed by atoms with E-state index in [4.69, 9.17) is 0 Å². The zero-order chi connectivity index (χ0) is 8.55. The van der Waals surface area contributed by atoms with Crippen LogP contribution in [0.4, 0.5) is 8.78 Å². The average Bonchev–Trinajstić information content (AvgIpc) is 1.93. The zero-order valence-electron chi connectivity index (χ0n) is 6.48. The molecule has 3 heteroatoms. The van der Waals surface area contributed by atoms with Gasteiger partial charge in [0, 0.05) is 19.0 Å². The molecule has 0 saturated carbocycles. The van der Waals surface area contributed by atoms with Gasteiger partial charge in [-0.2, -0.15) is 0 Å². The first kappa shape index (κ1) is 7.68. The molecule has 1 aliphatic heterocycles. The molecule has 0 atom stereocenters. The topological polar surface area (TPSA) is 12.0 Å². The van der Waals surface area contributed by atoms with Crippen molar-refractivity contribution in [1.82, 2.24) is 5.32 Å². The number of nitrogens with one attached hydrogen (secondary N) is 1. The second kappa shape index (κ2) is 2.83. The molecule has 0 spiro atoms. The number of hydrogen-bond donors (Lipinski definition) is 1. The van der Waals surface area contributed by atoms with Gasteiger partial charge in [-0.25, -0.2) is 8.78 Å². The number of rotatable bonds is 1. The summed E-state index contributed by atoms with van der Waals surface area (Å²) in [6.07, 6.45) is 0. The van der Waals surface area contributed by atoms with Crippen molar-refractivity contribution in [1.29, 1.82) is 0 Å². The molecule has 1 heterocycles. The van der Waals surface area contributed by atoms with Crippen LogP contribution in [-0.2, 0) is 0 Å². The molecule has 1 aromatic rings. The molecule has 0 bridgehead atoms. The molecule has 1 N–H and O–H groups in total. The summed E-state index contributed by atoms with van der Waals surface area (Å²) < 4.78 is 25.7. The molecule has 0 amide bonds. The maximum atomic E-state index is 13.0. The van der Waals surface area contributed by atoms with Crippen LogP contribution in [0, 0.1) is 11.6 Å². The van der Waals surface area contributed by atoms with Crippen molar-refractivity contribution in [2.24, 2.45) is 0 Å². The Hall–Kier alpha value is -0.960. The summed E-state index contributed by atoms with van der Waals surface area (Å²) in [5.41, 5.74) is 0.494. The van der Waals surface area contributed by atoms with E-state index in [-0.39, 0.29) is 17.6 Å². The Kier molecular flexibility index (Phi) is 1.81. The molecule has 1 fully saturated rings. The first-order chi connectivity index (χ1) is 5.77. The van der Waals surface area contributed by atoms with E-state index in [0.717, 1.165) is 19.2 Å². The van der Waals surface area contributed by atoms with Crippen molar-refractivity contribution in [3.8, 4) is 0 Å². The lowest BCUT2D eigenvalue weighted by molar-refractivity contribution is 0.428. The van der Waals surface area contributed by atoms with E-state index in [0.29, 0.717) is 5.56 Å². The fraction of sp³-hybridized carbons (Fsp3) is 0.333. The van der Waals surface area contributed by atoms with Crippen LogP contribution in [0.1, 0.15) is 11.5 Å². The van der Waals surface area contributed by atoms with Crippen LogP contribution >= 0.6 is 0 Å². The first-order valence-electron chi connectivity index (χ1n) is 3.93. The molecule has 1 saturated heterocycles. The fourth-order valence-corrected chi connectivity index (χ4v) is 1.34. The van der Waals surface area contributed by atoms with Crippen LogP contribution in [0.3, 0.4) is 0 Å². The molecule has 0 unspecified atom stereocenters. The summed E-state index contributed by atoms with van der Waals surface area (Å²) in [6.45, 7) is 1.50. The smallest absolute Gasteiger partial charge is 0.126 e. The molecular weight excluding hydrogens is 160 g/mol. The minimum atomic E-state index is -0.363. The Balaban J connectivity index is 2.34. The molecule has 0 radical (unpaired) electrons. The highest BCUT2D eigenvalue weighted by Crippen LogP contribution is 2.23. The Labute approximate surface area is 69.4 Å². The van der Waals surface area contributed by atoms with Gasteiger partial charge in [0.2, 0.25) is 0 Å². The standard InChI is InChI=1S/C9H9F2N/c10-7-1-2-9(11)8(3-7)6-4-12-5-6/h1-3,6,12H,4-5H2. The highest BCUT2D eigenvalue weighted by molar-refractivity contribution is 5.25. The van der Waals surface area contributed by atoms with E-state index in [1.54, 1.807) is 0 Å². The highest BCUT2D eigenvalue weighted by atomic mass is 19.1. The van der Waals surface area contributed by atoms with Gasteiger partial charge in [0.05, 0.1) is 0 Å². The molecule has 12 heavy (non-hydrogen) atoms. The molecule has 1 aliphatic rings. The van der Waals surface area contributed by atoms with Gasteiger partial charge in [0.25, 0.3) is 0 Å². The largest absolute Gasteiger partial charge is 0.315 e. The lowest BCUT2D eigenvalue weighted by Gasteiger charge is -2.27. The van der Waals surface area contributed by atoms with Crippen molar-refractivity contribution >= 4 is 0 Å². The van der Waals surface area contributed by atoms with Gasteiger partial charge in [0.15, 0.2) is 0 Å². The van der Waals surface area contributed by atoms with Gasteiger partial charge < -0.3 is 5.32 Å². The second-order valence-corrected chi connectivity index (χ2v) is 3.02. The molecule has 1 aromatic carbocycles. The molecule has 0 aromatic heterocycles. The summed E-state index contributed by atoms with van der Waals surface area (Å²) in [6, 6.07) is 3.61. The molecule has 1 nitrogen and oxygen atoms in total. The summed E-state index contributed by atoms with van der Waals surface area (Å²) in [5.74, 6) is -0.512. The maximum Gasteiger partial charge on any atom is 0.126 e. The van der Waals surface area contributed by atoms with E-state index in [9.17, 15) is 8.78 Å². The number of benzene rings is 1. The Morgan fingerprint density at radius 3 is 2.58 bits per heavy atom. The van der Waals surface area contributed by atoms with E-state index in [1.165, 1.54) is 12.1 Å². The third-order valence-corrected chi connectivity index (χ3v) is 2.18. The Morgan fingerprint density at radius 1 is 1.25 bits per heavy atom. The second-order valence-electron chi connectivity index (χ2n) is 3.02. The van der Waals surface area contributed by atoms with Crippen molar-refractivity contribution < 1.29 is 8.78 Å². The Morgan fingerprint density at radius 2 is 2.00 bits per heavy atom. The van der Waals surface area contributed by atoms with Crippen molar-refractivity contribution in [3.05, 3.63) is 35.4 Å². The van der Waals surface area contributed by atoms with Crippen molar-refractivity contribution in [2.75, 3.05) is 13.1 Å². The average molecular weight is 169 g/mol. The van der Waals surface area contributed by atoms with Gasteiger partial charge in [-0.1, -0.05) is 0 Å². The van der Waals surface area contributed by atoms with Crippen LogP contribution < -0.4 is 5.32 Å². The lowest BCUT2D eigenvalue weighted by atomic mass is 9.93. The maximum absolute atomic E-state index is 13.0. The third-order valence-electron chi connectivity index (χ3n) is 2.18. The predicted molar refractivity (Wildman–Crippen MR) is 42.0 cm³/mol. The van der Waals surface area contributed by atoms with Gasteiger partial charge in [-0.15, -0.1) is 0 Å². The zero-order valence-corrected chi connectivity index (χ0v) is 6.48. The van der Waals surface area contributed by atoms with Crippen LogP contribution in [0.2, 0.25) is 0 Å². The highest BCUT2D eigenvalue weighted by Gasteiger charge is 2.22. The summed E-state index contributed by atoms with van der Waals surface area (Å²) in [7, 11) is 0. The molecule has 0 aliphatic carbocycles. The third kappa shape index (κ3) is 1.20. The number of halogens is 2. The van der Waals surface area contributed by atoms with Gasteiger partial charge in [0.1, 0.15) is 11.6 Å². The fourth-order valence-electron chi connectivity index (χ4n) is 1.34. The number of hydrogen-bond acceptors (Lipinski definition) is 1. The monoisotopic (exact) mass is 169 g/mol. The Bertz CT molecular complexity index is 295. The predicted octanol–water partition coefficient (Wildman–Crippen LogP) is 1.65. The minimum absolute atomic E-state index is 0.153. The first-order valence-corrected chi connectivity index (χ1v) is 3.93. The summed E-state index contributed by atoms with van der Waals surface area (Å²) >= 11 is 0. The van der Waals surface area contributed by atoms with E-state index in [1.807, 2.05) is 0 Å². The summed E-state index contributed by atoms with van der Waals surface area (Å²) in [5, 5.41) is 3.02. The normalized spacial score (nSPS) is 17.5. The molecule has 2 rings (SSSR count).